The number of rotatable bonds is 5. The number of nitrogens with one attached hydrogen (secondary N) is 1. The monoisotopic (exact) mass is 228 g/mol. The number of nitrogens with zero attached hydrogens (tertiary/aromatic N) is 1. The lowest BCUT2D eigenvalue weighted by Gasteiger charge is -2.15. The van der Waals surface area contributed by atoms with Gasteiger partial charge in [-0.15, -0.1) is 0 Å². The van der Waals surface area contributed by atoms with Gasteiger partial charge >= 0.3 is 0 Å². The van der Waals surface area contributed by atoms with E-state index < -0.39 is 0 Å². The van der Waals surface area contributed by atoms with Crippen molar-refractivity contribution in [1.29, 1.82) is 0 Å². The van der Waals surface area contributed by atoms with Crippen LogP contribution in [0.1, 0.15) is 26.7 Å². The molecule has 1 heterocycles. The second-order valence-corrected chi connectivity index (χ2v) is 4.22. The van der Waals surface area contributed by atoms with E-state index >= 15 is 0 Å². The minimum Gasteiger partial charge on any atom is -0.369 e. The van der Waals surface area contributed by atoms with Gasteiger partial charge < -0.3 is 15.0 Å². The summed E-state index contributed by atoms with van der Waals surface area (Å²) in [6, 6.07) is 0. The van der Waals surface area contributed by atoms with Crippen molar-refractivity contribution in [3.8, 4) is 0 Å². The first-order valence-corrected chi connectivity index (χ1v) is 5.75. The summed E-state index contributed by atoms with van der Waals surface area (Å²) in [6.07, 6.45) is 2.16. The highest BCUT2D eigenvalue weighted by molar-refractivity contribution is 5.85. The normalized spacial score (nSPS) is 15.6. The van der Waals surface area contributed by atoms with E-state index in [0.29, 0.717) is 0 Å². The van der Waals surface area contributed by atoms with Crippen molar-refractivity contribution in [1.82, 2.24) is 10.2 Å². The lowest BCUT2D eigenvalue weighted by molar-refractivity contribution is -0.133. The fourth-order valence-electron chi connectivity index (χ4n) is 1.55. The van der Waals surface area contributed by atoms with Gasteiger partial charge in [0.25, 0.3) is 0 Å². The van der Waals surface area contributed by atoms with Gasteiger partial charge in [-0.3, -0.25) is 9.59 Å². The maximum absolute atomic E-state index is 11.6. The molecule has 0 bridgehead atoms. The highest BCUT2D eigenvalue weighted by atomic mass is 16.5. The summed E-state index contributed by atoms with van der Waals surface area (Å²) in [4.78, 5) is 24.6. The van der Waals surface area contributed by atoms with E-state index in [1.165, 1.54) is 0 Å². The molecule has 1 N–H and O–H groups in total. The molecule has 1 aliphatic heterocycles. The first kappa shape index (κ1) is 13.0. The first-order valence-electron chi connectivity index (χ1n) is 5.75. The number of hydrogen-bond acceptors (Lipinski definition) is 3. The van der Waals surface area contributed by atoms with Crippen molar-refractivity contribution in [2.24, 2.45) is 0 Å². The zero-order valence-electron chi connectivity index (χ0n) is 9.99. The average molecular weight is 228 g/mol. The molecule has 0 atom stereocenters. The van der Waals surface area contributed by atoms with Crippen LogP contribution in [0, 0.1) is 0 Å². The summed E-state index contributed by atoms with van der Waals surface area (Å²) in [7, 11) is 0. The molecule has 1 saturated heterocycles. The summed E-state index contributed by atoms with van der Waals surface area (Å²) in [5.74, 6) is -0.239. The Labute approximate surface area is 96.1 Å². The quantitative estimate of drug-likeness (QED) is 0.728. The maximum Gasteiger partial charge on any atom is 0.246 e. The van der Waals surface area contributed by atoms with E-state index in [0.717, 1.165) is 25.9 Å². The number of amides is 2. The van der Waals surface area contributed by atoms with Gasteiger partial charge in [-0.1, -0.05) is 0 Å². The second kappa shape index (κ2) is 6.48. The van der Waals surface area contributed by atoms with Gasteiger partial charge in [-0.25, -0.2) is 0 Å². The van der Waals surface area contributed by atoms with Crippen LogP contribution < -0.4 is 5.32 Å². The van der Waals surface area contributed by atoms with Crippen molar-refractivity contribution in [2.75, 3.05) is 26.2 Å². The predicted molar refractivity (Wildman–Crippen MR) is 59.9 cm³/mol. The molecule has 92 valence electrons. The molecule has 1 rings (SSSR count). The van der Waals surface area contributed by atoms with Crippen molar-refractivity contribution in [2.45, 2.75) is 32.8 Å². The van der Waals surface area contributed by atoms with Crippen LogP contribution in [0.15, 0.2) is 0 Å². The Hall–Kier alpha value is -1.10. The summed E-state index contributed by atoms with van der Waals surface area (Å²) >= 11 is 0. The lowest BCUT2D eigenvalue weighted by atomic mass is 10.4. The number of hydrogen-bond donors (Lipinski definition) is 1. The van der Waals surface area contributed by atoms with Crippen LogP contribution in [0.25, 0.3) is 0 Å². The minimum atomic E-state index is -0.235. The van der Waals surface area contributed by atoms with E-state index in [1.54, 1.807) is 4.90 Å². The van der Waals surface area contributed by atoms with Gasteiger partial charge in [0.05, 0.1) is 12.6 Å². The fraction of sp³-hybridized carbons (Fsp3) is 0.818. The van der Waals surface area contributed by atoms with E-state index in [9.17, 15) is 9.59 Å². The molecule has 0 aliphatic carbocycles. The van der Waals surface area contributed by atoms with Crippen LogP contribution in [0.3, 0.4) is 0 Å². The molecule has 0 saturated carbocycles. The van der Waals surface area contributed by atoms with Gasteiger partial charge in [-0.2, -0.15) is 0 Å². The Bertz CT molecular complexity index is 248. The molecule has 0 aromatic rings. The summed E-state index contributed by atoms with van der Waals surface area (Å²) in [6.45, 7) is 5.46. The van der Waals surface area contributed by atoms with Gasteiger partial charge in [0.1, 0.15) is 6.61 Å². The third-order valence-electron chi connectivity index (χ3n) is 2.44. The van der Waals surface area contributed by atoms with E-state index in [-0.39, 0.29) is 31.1 Å². The molecule has 5 nitrogen and oxygen atoms in total. The molecule has 5 heteroatoms. The predicted octanol–water partition coefficient (Wildman–Crippen LogP) is 0.150. The van der Waals surface area contributed by atoms with Gasteiger partial charge in [-0.05, 0) is 26.7 Å². The Balaban J connectivity index is 2.13. The standard InChI is InChI=1S/C11H20N2O3/c1-9(2)16-8-10(14)12-7-11(15)13-5-3-4-6-13/h9H,3-8H2,1-2H3,(H,12,14). The number of carbonyl (C=O) groups excluding carboxylic acids is 2. The SMILES string of the molecule is CC(C)OCC(=O)NCC(=O)N1CCCC1. The Kier molecular flexibility index (Phi) is 5.25. The number of ether oxygens (including phenoxy) is 1. The summed E-state index contributed by atoms with van der Waals surface area (Å²) in [5, 5.41) is 2.56. The molecule has 1 fully saturated rings. The van der Waals surface area contributed by atoms with Crippen LogP contribution in [-0.4, -0.2) is 49.1 Å². The molecule has 16 heavy (non-hydrogen) atoms. The molecule has 0 unspecified atom stereocenters. The lowest BCUT2D eigenvalue weighted by Crippen LogP contribution is -2.40. The minimum absolute atomic E-state index is 0.00426. The van der Waals surface area contributed by atoms with E-state index in [4.69, 9.17) is 4.74 Å². The summed E-state index contributed by atoms with van der Waals surface area (Å²) in [5.41, 5.74) is 0. The van der Waals surface area contributed by atoms with E-state index in [1.807, 2.05) is 13.8 Å². The molecular weight excluding hydrogens is 208 g/mol. The Morgan fingerprint density at radius 2 is 1.94 bits per heavy atom. The van der Waals surface area contributed by atoms with Gasteiger partial charge in [0.15, 0.2) is 0 Å². The van der Waals surface area contributed by atoms with Crippen LogP contribution in [0.2, 0.25) is 0 Å². The highest BCUT2D eigenvalue weighted by Gasteiger charge is 2.17. The van der Waals surface area contributed by atoms with E-state index in [2.05, 4.69) is 5.32 Å². The van der Waals surface area contributed by atoms with Crippen LogP contribution in [0.4, 0.5) is 0 Å². The number of carbonyl (C=O) groups is 2. The van der Waals surface area contributed by atoms with Crippen LogP contribution in [0.5, 0.6) is 0 Å². The largest absolute Gasteiger partial charge is 0.369 e. The second-order valence-electron chi connectivity index (χ2n) is 4.22. The van der Waals surface area contributed by atoms with Crippen LogP contribution >= 0.6 is 0 Å². The summed E-state index contributed by atoms with van der Waals surface area (Å²) < 4.78 is 5.12. The highest BCUT2D eigenvalue weighted by Crippen LogP contribution is 2.06. The molecule has 0 aromatic heterocycles. The molecular formula is C11H20N2O3. The first-order chi connectivity index (χ1) is 7.59. The maximum atomic E-state index is 11.6. The molecule has 2 amide bonds. The number of likely N-dealkylation sites (tertiary alicyclic amines) is 1. The fourth-order valence-corrected chi connectivity index (χ4v) is 1.55. The third-order valence-corrected chi connectivity index (χ3v) is 2.44. The van der Waals surface area contributed by atoms with Crippen molar-refractivity contribution in [3.63, 3.8) is 0 Å². The zero-order chi connectivity index (χ0) is 12.0. The molecule has 0 aromatic carbocycles. The average Bonchev–Trinajstić information content (AvgIpc) is 2.76. The molecule has 0 radical (unpaired) electrons. The van der Waals surface area contributed by atoms with Crippen LogP contribution in [-0.2, 0) is 14.3 Å². The van der Waals surface area contributed by atoms with Crippen molar-refractivity contribution < 1.29 is 14.3 Å². The van der Waals surface area contributed by atoms with Gasteiger partial charge in [0.2, 0.25) is 11.8 Å². The topological polar surface area (TPSA) is 58.6 Å². The molecule has 1 aliphatic rings. The van der Waals surface area contributed by atoms with Crippen molar-refractivity contribution in [3.05, 3.63) is 0 Å². The third kappa shape index (κ3) is 4.61. The van der Waals surface area contributed by atoms with Crippen molar-refractivity contribution >= 4 is 11.8 Å². The van der Waals surface area contributed by atoms with Gasteiger partial charge in [0, 0.05) is 13.1 Å². The smallest absolute Gasteiger partial charge is 0.246 e. The zero-order valence-corrected chi connectivity index (χ0v) is 9.99. The molecule has 0 spiro atoms. The Morgan fingerprint density at radius 1 is 1.31 bits per heavy atom. The Morgan fingerprint density at radius 3 is 2.50 bits per heavy atom.